The van der Waals surface area contributed by atoms with E-state index in [0.717, 1.165) is 6.42 Å². The molecule has 0 saturated carbocycles. The van der Waals surface area contributed by atoms with Gasteiger partial charge >= 0.3 is 0 Å². The Hall–Kier alpha value is 0.700. The zero-order valence-corrected chi connectivity index (χ0v) is 8.34. The van der Waals surface area contributed by atoms with Crippen LogP contribution in [-0.4, -0.2) is 11.7 Å². The Morgan fingerprint density at radius 3 is 2.00 bits per heavy atom. The topological polar surface area (TPSA) is 20.2 Å². The second kappa shape index (κ2) is 11.5. The number of aliphatic hydroxyl groups excluding tert-OH is 1. The molecule has 0 heterocycles. The van der Waals surface area contributed by atoms with Crippen LogP contribution in [0.4, 0.5) is 0 Å². The molecule has 0 bridgehead atoms. The molecule has 0 atom stereocenters. The van der Waals surface area contributed by atoms with Crippen molar-refractivity contribution in [1.29, 1.82) is 0 Å². The first-order chi connectivity index (χ1) is 3.91. The predicted octanol–water partition coefficient (Wildman–Crippen LogP) is 1.95. The van der Waals surface area contributed by atoms with Gasteiger partial charge in [-0.25, -0.2) is 0 Å². The monoisotopic (exact) mass is 209 g/mol. The van der Waals surface area contributed by atoms with E-state index in [1.54, 1.807) is 0 Å². The van der Waals surface area contributed by atoms with E-state index in [2.05, 4.69) is 6.92 Å². The molecule has 0 rings (SSSR count). The van der Waals surface area contributed by atoms with Gasteiger partial charge in [-0.3, -0.25) is 0 Å². The number of unbranched alkanes of at least 4 members (excludes halogenated alkanes) is 4. The van der Waals surface area contributed by atoms with Gasteiger partial charge < -0.3 is 5.11 Å². The van der Waals surface area contributed by atoms with Crippen molar-refractivity contribution in [3.05, 3.63) is 0 Å². The Labute approximate surface area is 73.4 Å². The molecule has 0 fully saturated rings. The quantitative estimate of drug-likeness (QED) is 0.542. The second-order valence-corrected chi connectivity index (χ2v) is 2.14. The van der Waals surface area contributed by atoms with E-state index < -0.39 is 0 Å². The van der Waals surface area contributed by atoms with Crippen LogP contribution in [0.25, 0.3) is 0 Å². The molecule has 0 aromatic heterocycles. The van der Waals surface area contributed by atoms with Crippen molar-refractivity contribution in [2.45, 2.75) is 39.0 Å². The maximum Gasteiger partial charge on any atom is 0.0431 e. The largest absolute Gasteiger partial charge is 0.396 e. The maximum atomic E-state index is 8.37. The molecule has 0 aromatic rings. The Morgan fingerprint density at radius 2 is 1.56 bits per heavy atom. The maximum absolute atomic E-state index is 8.37. The number of hydrogen-bond acceptors (Lipinski definition) is 1. The van der Waals surface area contributed by atoms with Gasteiger partial charge in [0.25, 0.3) is 0 Å². The molecule has 0 saturated heterocycles. The van der Waals surface area contributed by atoms with Crippen LogP contribution in [0, 0.1) is 0 Å². The molecular weight excluding hydrogens is 193 g/mol. The third-order valence-corrected chi connectivity index (χ3v) is 1.26. The fraction of sp³-hybridized carbons (Fsp3) is 1.00. The van der Waals surface area contributed by atoms with Gasteiger partial charge in [-0.05, 0) is 6.42 Å². The fourth-order valence-corrected chi connectivity index (χ4v) is 0.715. The fourth-order valence-electron chi connectivity index (χ4n) is 0.715. The minimum atomic E-state index is 0. The van der Waals surface area contributed by atoms with E-state index in [1.165, 1.54) is 25.7 Å². The summed E-state index contributed by atoms with van der Waals surface area (Å²) in [4.78, 5) is 0. The summed E-state index contributed by atoms with van der Waals surface area (Å²) in [7, 11) is 0. The number of rotatable bonds is 5. The second-order valence-electron chi connectivity index (χ2n) is 2.14. The number of hydrogen-bond donors (Lipinski definition) is 1. The van der Waals surface area contributed by atoms with Gasteiger partial charge in [0.15, 0.2) is 0 Å². The molecule has 0 spiro atoms. The van der Waals surface area contributed by atoms with Gasteiger partial charge in [0.05, 0.1) is 0 Å². The summed E-state index contributed by atoms with van der Waals surface area (Å²) >= 11 is 0. The van der Waals surface area contributed by atoms with E-state index >= 15 is 0 Å². The minimum absolute atomic E-state index is 0. The van der Waals surface area contributed by atoms with E-state index in [1.807, 2.05) is 0 Å². The van der Waals surface area contributed by atoms with Crippen LogP contribution < -0.4 is 0 Å². The van der Waals surface area contributed by atoms with Crippen LogP contribution in [-0.2, 0) is 22.4 Å². The summed E-state index contributed by atoms with van der Waals surface area (Å²) in [6.45, 7) is 2.56. The Morgan fingerprint density at radius 1 is 1.00 bits per heavy atom. The average Bonchev–Trinajstić information content (AvgIpc) is 1.81. The van der Waals surface area contributed by atoms with Crippen LogP contribution in [0.15, 0.2) is 0 Å². The van der Waals surface area contributed by atoms with Crippen LogP contribution >= 0.6 is 0 Å². The molecule has 0 unspecified atom stereocenters. The normalized spacial score (nSPS) is 8.67. The summed E-state index contributed by atoms with van der Waals surface area (Å²) in [6, 6.07) is 0. The summed E-state index contributed by atoms with van der Waals surface area (Å²) in [5, 5.41) is 8.37. The smallest absolute Gasteiger partial charge is 0.0431 e. The summed E-state index contributed by atoms with van der Waals surface area (Å²) in [5.41, 5.74) is 0. The first-order valence-corrected chi connectivity index (χ1v) is 3.52. The third-order valence-electron chi connectivity index (χ3n) is 1.26. The van der Waals surface area contributed by atoms with Crippen molar-refractivity contribution >= 4 is 0 Å². The molecule has 0 aliphatic rings. The molecule has 0 aromatic carbocycles. The molecule has 0 aliphatic heterocycles. The molecule has 1 N–H and O–H groups in total. The van der Waals surface area contributed by atoms with E-state index in [4.69, 9.17) is 5.11 Å². The van der Waals surface area contributed by atoms with E-state index in [-0.39, 0.29) is 22.4 Å². The Balaban J connectivity index is 0. The van der Waals surface area contributed by atoms with Crippen LogP contribution in [0.1, 0.15) is 39.0 Å². The van der Waals surface area contributed by atoms with Gasteiger partial charge in [0, 0.05) is 29.0 Å². The van der Waals surface area contributed by atoms with Crippen molar-refractivity contribution in [3.8, 4) is 0 Å². The third kappa shape index (κ3) is 12.0. The summed E-state index contributed by atoms with van der Waals surface area (Å²) < 4.78 is 0. The molecule has 1 nitrogen and oxygen atoms in total. The molecule has 0 amide bonds. The van der Waals surface area contributed by atoms with Crippen LogP contribution in [0.2, 0.25) is 0 Å². The molecular formula is C7H16NbO. The first kappa shape index (κ1) is 12.4. The first-order valence-electron chi connectivity index (χ1n) is 3.52. The Kier molecular flexibility index (Phi) is 15.8. The van der Waals surface area contributed by atoms with Gasteiger partial charge in [-0.15, -0.1) is 0 Å². The molecule has 9 heavy (non-hydrogen) atoms. The zero-order valence-electron chi connectivity index (χ0n) is 6.14. The molecule has 1 radical (unpaired) electrons. The van der Waals surface area contributed by atoms with Gasteiger partial charge in [-0.2, -0.15) is 0 Å². The standard InChI is InChI=1S/C7H16O.Nb/c1-2-3-4-5-6-7-8;/h8H,2-7H2,1H3;. The SMILES string of the molecule is CCCCCCCO.[Nb]. The van der Waals surface area contributed by atoms with Crippen molar-refractivity contribution in [3.63, 3.8) is 0 Å². The van der Waals surface area contributed by atoms with Crippen molar-refractivity contribution < 1.29 is 27.5 Å². The summed E-state index contributed by atoms with van der Waals surface area (Å²) in [5.74, 6) is 0. The predicted molar refractivity (Wildman–Crippen MR) is 35.8 cm³/mol. The van der Waals surface area contributed by atoms with Crippen molar-refractivity contribution in [2.24, 2.45) is 0 Å². The minimum Gasteiger partial charge on any atom is -0.396 e. The molecule has 2 heteroatoms. The average molecular weight is 209 g/mol. The van der Waals surface area contributed by atoms with E-state index in [0.29, 0.717) is 6.61 Å². The molecule has 55 valence electrons. The van der Waals surface area contributed by atoms with Gasteiger partial charge in [-0.1, -0.05) is 32.6 Å². The van der Waals surface area contributed by atoms with Crippen molar-refractivity contribution in [1.82, 2.24) is 0 Å². The molecule has 0 aliphatic carbocycles. The van der Waals surface area contributed by atoms with E-state index in [9.17, 15) is 0 Å². The van der Waals surface area contributed by atoms with Gasteiger partial charge in [0.1, 0.15) is 0 Å². The van der Waals surface area contributed by atoms with Crippen molar-refractivity contribution in [2.75, 3.05) is 6.61 Å². The van der Waals surface area contributed by atoms with Crippen LogP contribution in [0.3, 0.4) is 0 Å². The number of aliphatic hydroxyl groups is 1. The van der Waals surface area contributed by atoms with Crippen LogP contribution in [0.5, 0.6) is 0 Å². The van der Waals surface area contributed by atoms with Gasteiger partial charge in [0.2, 0.25) is 0 Å². The Bertz CT molecular complexity index is 33.9. The zero-order chi connectivity index (χ0) is 6.24. The summed E-state index contributed by atoms with van der Waals surface area (Å²) in [6.07, 6.45) is 6.08.